The van der Waals surface area contributed by atoms with Crippen molar-refractivity contribution in [3.63, 3.8) is 0 Å². The fourth-order valence-corrected chi connectivity index (χ4v) is 4.05. The van der Waals surface area contributed by atoms with E-state index in [9.17, 15) is 9.59 Å². The molecule has 4 rings (SSSR count). The van der Waals surface area contributed by atoms with Crippen LogP contribution >= 0.6 is 27.3 Å². The van der Waals surface area contributed by atoms with E-state index in [-0.39, 0.29) is 11.5 Å². The lowest BCUT2D eigenvalue weighted by Crippen LogP contribution is -2.08. The Hall–Kier alpha value is -2.70. The van der Waals surface area contributed by atoms with E-state index in [4.69, 9.17) is 9.47 Å². The van der Waals surface area contributed by atoms with Crippen molar-refractivity contribution in [2.75, 3.05) is 0 Å². The van der Waals surface area contributed by atoms with Gasteiger partial charge in [0.15, 0.2) is 5.76 Å². The molecule has 1 aromatic heterocycles. The first kappa shape index (κ1) is 18.7. The lowest BCUT2D eigenvalue weighted by atomic mass is 10.0. The summed E-state index contributed by atoms with van der Waals surface area (Å²) in [5.41, 5.74) is 2.73. The van der Waals surface area contributed by atoms with E-state index in [0.29, 0.717) is 28.2 Å². The van der Waals surface area contributed by atoms with Gasteiger partial charge >= 0.3 is 5.97 Å². The van der Waals surface area contributed by atoms with E-state index >= 15 is 0 Å². The molecule has 3 aromatic rings. The Morgan fingerprint density at radius 1 is 1.11 bits per heavy atom. The number of hydrogen-bond acceptors (Lipinski definition) is 5. The summed E-state index contributed by atoms with van der Waals surface area (Å²) in [7, 11) is 0. The number of carbonyl (C=O) groups excluding carboxylic acids is 2. The van der Waals surface area contributed by atoms with E-state index in [2.05, 4.69) is 15.9 Å². The number of benzene rings is 2. The Labute approximate surface area is 174 Å². The average molecular weight is 455 g/mol. The van der Waals surface area contributed by atoms with Gasteiger partial charge in [-0.25, -0.2) is 4.79 Å². The molecule has 2 heterocycles. The molecule has 4 nitrogen and oxygen atoms in total. The number of aryl methyl sites for hydroxylation is 2. The minimum absolute atomic E-state index is 0.161. The molecular formula is C22H15BrO4S. The van der Waals surface area contributed by atoms with Gasteiger partial charge in [0.2, 0.25) is 5.78 Å². The van der Waals surface area contributed by atoms with Crippen molar-refractivity contribution >= 4 is 45.1 Å². The molecule has 0 atom stereocenters. The van der Waals surface area contributed by atoms with Crippen LogP contribution in [0.1, 0.15) is 36.7 Å². The van der Waals surface area contributed by atoms with Crippen LogP contribution in [0.4, 0.5) is 0 Å². The van der Waals surface area contributed by atoms with Gasteiger partial charge in [-0.15, -0.1) is 11.3 Å². The van der Waals surface area contributed by atoms with Gasteiger partial charge in [-0.05, 0) is 66.8 Å². The highest BCUT2D eigenvalue weighted by atomic mass is 79.9. The third-order valence-electron chi connectivity index (χ3n) is 4.40. The van der Waals surface area contributed by atoms with Gasteiger partial charge < -0.3 is 9.47 Å². The fourth-order valence-electron chi connectivity index (χ4n) is 2.94. The fraction of sp³-hybridized carbons (Fsp3) is 0.0909. The van der Waals surface area contributed by atoms with E-state index < -0.39 is 5.97 Å². The molecule has 0 radical (unpaired) electrons. The van der Waals surface area contributed by atoms with Crippen LogP contribution in [-0.4, -0.2) is 11.8 Å². The summed E-state index contributed by atoms with van der Waals surface area (Å²) in [6.45, 7) is 3.79. The SMILES string of the molecule is Cc1ccsc1/C=C1\Oc2cc(OC(=O)c3ccc(Br)cc3)cc(C)c2C1=O. The topological polar surface area (TPSA) is 52.6 Å². The number of thiophene rings is 1. The Balaban J connectivity index is 1.61. The maximum absolute atomic E-state index is 12.7. The smallest absolute Gasteiger partial charge is 0.343 e. The second kappa shape index (κ2) is 7.37. The number of halogens is 1. The van der Waals surface area contributed by atoms with Crippen LogP contribution in [0.5, 0.6) is 11.5 Å². The molecule has 6 heteroatoms. The molecule has 1 aliphatic heterocycles. The molecule has 0 unspecified atom stereocenters. The normalized spacial score (nSPS) is 14.1. The average Bonchev–Trinajstić information content (AvgIpc) is 3.19. The number of Topliss-reactive ketones (excluding diaryl/α,β-unsaturated/α-hetero) is 1. The highest BCUT2D eigenvalue weighted by Crippen LogP contribution is 2.38. The number of allylic oxidation sites excluding steroid dienone is 1. The first-order valence-corrected chi connectivity index (χ1v) is 10.2. The van der Waals surface area contributed by atoms with Crippen LogP contribution in [0.15, 0.2) is 58.1 Å². The second-order valence-electron chi connectivity index (χ2n) is 6.42. The van der Waals surface area contributed by atoms with Crippen molar-refractivity contribution in [2.45, 2.75) is 13.8 Å². The molecule has 140 valence electrons. The molecule has 0 saturated carbocycles. The maximum atomic E-state index is 12.7. The molecular weight excluding hydrogens is 440 g/mol. The molecule has 0 N–H and O–H groups in total. The lowest BCUT2D eigenvalue weighted by Gasteiger charge is -2.08. The standard InChI is InChI=1S/C22H15BrO4S/c1-12-7-8-28-19(12)11-18-21(24)20-13(2)9-16(10-17(20)27-18)26-22(25)14-3-5-15(23)6-4-14/h3-11H,1-2H3/b18-11-. The Kier molecular flexibility index (Phi) is 4.91. The van der Waals surface area contributed by atoms with Gasteiger partial charge in [0.1, 0.15) is 11.5 Å². The lowest BCUT2D eigenvalue weighted by molar-refractivity contribution is 0.0734. The number of fused-ring (bicyclic) bond motifs is 1. The summed E-state index contributed by atoms with van der Waals surface area (Å²) in [6, 6.07) is 12.2. The van der Waals surface area contributed by atoms with Gasteiger partial charge in [0.25, 0.3) is 0 Å². The molecule has 0 bridgehead atoms. The first-order valence-electron chi connectivity index (χ1n) is 8.53. The van der Waals surface area contributed by atoms with Crippen LogP contribution in [-0.2, 0) is 0 Å². The van der Waals surface area contributed by atoms with Gasteiger partial charge in [0, 0.05) is 21.5 Å². The van der Waals surface area contributed by atoms with Crippen LogP contribution in [0.2, 0.25) is 0 Å². The number of ketones is 1. The van der Waals surface area contributed by atoms with Crippen molar-refractivity contribution in [3.05, 3.63) is 85.2 Å². The molecule has 0 spiro atoms. The van der Waals surface area contributed by atoms with Gasteiger partial charge in [-0.3, -0.25) is 4.79 Å². The highest BCUT2D eigenvalue weighted by Gasteiger charge is 2.30. The number of esters is 1. The maximum Gasteiger partial charge on any atom is 0.343 e. The van der Waals surface area contributed by atoms with Gasteiger partial charge in [-0.2, -0.15) is 0 Å². The Bertz CT molecular complexity index is 1130. The summed E-state index contributed by atoms with van der Waals surface area (Å²) in [4.78, 5) is 26.1. The number of ether oxygens (including phenoxy) is 2. The summed E-state index contributed by atoms with van der Waals surface area (Å²) in [5, 5.41) is 1.97. The molecule has 0 amide bonds. The Morgan fingerprint density at radius 2 is 1.86 bits per heavy atom. The molecule has 0 aliphatic carbocycles. The second-order valence-corrected chi connectivity index (χ2v) is 8.28. The van der Waals surface area contributed by atoms with Crippen molar-refractivity contribution in [1.82, 2.24) is 0 Å². The minimum Gasteiger partial charge on any atom is -0.452 e. The predicted molar refractivity (Wildman–Crippen MR) is 112 cm³/mol. The number of rotatable bonds is 3. The zero-order valence-corrected chi connectivity index (χ0v) is 17.5. The zero-order valence-electron chi connectivity index (χ0n) is 15.1. The third kappa shape index (κ3) is 3.53. The summed E-state index contributed by atoms with van der Waals surface area (Å²) in [6.07, 6.45) is 1.76. The van der Waals surface area contributed by atoms with Crippen LogP contribution in [0, 0.1) is 13.8 Å². The molecule has 0 fully saturated rings. The zero-order chi connectivity index (χ0) is 19.8. The molecule has 0 saturated heterocycles. The van der Waals surface area contributed by atoms with Crippen LogP contribution in [0.25, 0.3) is 6.08 Å². The number of hydrogen-bond donors (Lipinski definition) is 0. The van der Waals surface area contributed by atoms with Gasteiger partial charge in [-0.1, -0.05) is 15.9 Å². The monoisotopic (exact) mass is 454 g/mol. The third-order valence-corrected chi connectivity index (χ3v) is 5.89. The number of carbonyl (C=O) groups is 2. The Morgan fingerprint density at radius 3 is 2.54 bits per heavy atom. The summed E-state index contributed by atoms with van der Waals surface area (Å²) in [5.74, 6) is 0.391. The van der Waals surface area contributed by atoms with Crippen molar-refractivity contribution in [1.29, 1.82) is 0 Å². The molecule has 2 aromatic carbocycles. The van der Waals surface area contributed by atoms with E-state index in [1.165, 1.54) is 0 Å². The molecule has 28 heavy (non-hydrogen) atoms. The van der Waals surface area contributed by atoms with Crippen LogP contribution < -0.4 is 9.47 Å². The largest absolute Gasteiger partial charge is 0.452 e. The minimum atomic E-state index is -0.471. The van der Waals surface area contributed by atoms with Crippen LogP contribution in [0.3, 0.4) is 0 Å². The molecule has 1 aliphatic rings. The highest BCUT2D eigenvalue weighted by molar-refractivity contribution is 9.10. The van der Waals surface area contributed by atoms with Gasteiger partial charge in [0.05, 0.1) is 11.1 Å². The first-order chi connectivity index (χ1) is 13.4. The summed E-state index contributed by atoms with van der Waals surface area (Å²) < 4.78 is 12.2. The van der Waals surface area contributed by atoms with E-state index in [1.54, 1.807) is 60.7 Å². The summed E-state index contributed by atoms with van der Waals surface area (Å²) >= 11 is 4.89. The van der Waals surface area contributed by atoms with Crippen molar-refractivity contribution in [3.8, 4) is 11.5 Å². The predicted octanol–water partition coefficient (Wildman–Crippen LogP) is 5.96. The van der Waals surface area contributed by atoms with Crippen molar-refractivity contribution in [2.24, 2.45) is 0 Å². The van der Waals surface area contributed by atoms with E-state index in [1.807, 2.05) is 18.4 Å². The van der Waals surface area contributed by atoms with E-state index in [0.717, 1.165) is 14.9 Å². The quantitative estimate of drug-likeness (QED) is 0.278. The van der Waals surface area contributed by atoms with Crippen molar-refractivity contribution < 1.29 is 19.1 Å².